The highest BCUT2D eigenvalue weighted by Crippen LogP contribution is 2.31. The van der Waals surface area contributed by atoms with E-state index in [2.05, 4.69) is 5.32 Å². The van der Waals surface area contributed by atoms with Crippen molar-refractivity contribution >= 4 is 23.3 Å². The quantitative estimate of drug-likeness (QED) is 0.504. The second-order valence-corrected chi connectivity index (χ2v) is 4.76. The van der Waals surface area contributed by atoms with E-state index < -0.39 is 0 Å². The summed E-state index contributed by atoms with van der Waals surface area (Å²) in [6, 6.07) is 13.7. The van der Waals surface area contributed by atoms with Crippen LogP contribution in [-0.2, 0) is 4.79 Å². The molecule has 0 unspecified atom stereocenters. The third-order valence-electron chi connectivity index (χ3n) is 3.01. The van der Waals surface area contributed by atoms with Crippen molar-refractivity contribution in [3.8, 4) is 5.75 Å². The first-order valence-corrected chi connectivity index (χ1v) is 7.07. The second-order valence-electron chi connectivity index (χ2n) is 4.76. The molecule has 0 radical (unpaired) electrons. The minimum Gasteiger partial charge on any atom is -0.424 e. The van der Waals surface area contributed by atoms with Gasteiger partial charge in [0.2, 0.25) is 0 Å². The Bertz CT molecular complexity index is 669. The monoisotopic (exact) mass is 298 g/mol. The molecule has 2 aromatic rings. The lowest BCUT2D eigenvalue weighted by Gasteiger charge is -2.13. The average molecular weight is 298 g/mol. The fourth-order valence-corrected chi connectivity index (χ4v) is 1.92. The van der Waals surface area contributed by atoms with Crippen molar-refractivity contribution in [2.75, 3.05) is 11.1 Å². The van der Waals surface area contributed by atoms with Gasteiger partial charge in [-0.05, 0) is 30.7 Å². The van der Waals surface area contributed by atoms with Gasteiger partial charge in [-0.2, -0.15) is 0 Å². The number of hydrogen-bond acceptors (Lipinski definition) is 4. The minimum absolute atomic E-state index is 0.253. The van der Waals surface area contributed by atoms with Crippen molar-refractivity contribution in [3.63, 3.8) is 0 Å². The summed E-state index contributed by atoms with van der Waals surface area (Å²) in [6.07, 6.45) is 0.994. The standard InChI is InChI=1S/C17H18N2O3/c1-2-7-15(20)22-14-11-6-10-13(18)16(14)19-17(21)12-8-4-3-5-9-12/h3-6,8-11H,2,7,18H2,1H3,(H,19,21). The summed E-state index contributed by atoms with van der Waals surface area (Å²) in [7, 11) is 0. The maximum Gasteiger partial charge on any atom is 0.311 e. The molecule has 0 fully saturated rings. The molecule has 0 heterocycles. The number of carbonyl (C=O) groups excluding carboxylic acids is 2. The van der Waals surface area contributed by atoms with Crippen molar-refractivity contribution < 1.29 is 14.3 Å². The Balaban J connectivity index is 2.23. The van der Waals surface area contributed by atoms with Crippen LogP contribution in [0.5, 0.6) is 5.75 Å². The Kier molecular flexibility index (Phi) is 5.14. The first-order valence-electron chi connectivity index (χ1n) is 7.07. The molecule has 0 saturated carbocycles. The molecular formula is C17H18N2O3. The minimum atomic E-state index is -0.358. The Morgan fingerprint density at radius 1 is 1.09 bits per heavy atom. The van der Waals surface area contributed by atoms with E-state index in [4.69, 9.17) is 10.5 Å². The molecule has 0 saturated heterocycles. The first kappa shape index (κ1) is 15.6. The summed E-state index contributed by atoms with van der Waals surface area (Å²) >= 11 is 0. The van der Waals surface area contributed by atoms with Crippen molar-refractivity contribution in [3.05, 3.63) is 54.1 Å². The Morgan fingerprint density at radius 2 is 1.82 bits per heavy atom. The van der Waals surface area contributed by atoms with Crippen LogP contribution < -0.4 is 15.8 Å². The summed E-state index contributed by atoms with van der Waals surface area (Å²) in [5, 5.41) is 2.70. The summed E-state index contributed by atoms with van der Waals surface area (Å²) in [5.74, 6) is -0.419. The van der Waals surface area contributed by atoms with Crippen LogP contribution in [0, 0.1) is 0 Å². The molecule has 0 spiro atoms. The lowest BCUT2D eigenvalue weighted by Crippen LogP contribution is -2.15. The third kappa shape index (κ3) is 3.85. The molecule has 2 rings (SSSR count). The number of amides is 1. The lowest BCUT2D eigenvalue weighted by molar-refractivity contribution is -0.134. The number of hydrogen-bond donors (Lipinski definition) is 2. The van der Waals surface area contributed by atoms with Gasteiger partial charge < -0.3 is 15.8 Å². The lowest BCUT2D eigenvalue weighted by atomic mass is 10.2. The molecule has 22 heavy (non-hydrogen) atoms. The molecule has 0 atom stereocenters. The van der Waals surface area contributed by atoms with Gasteiger partial charge in [0.05, 0.1) is 5.69 Å². The Hall–Kier alpha value is -2.82. The predicted molar refractivity (Wildman–Crippen MR) is 85.8 cm³/mol. The molecule has 0 aliphatic heterocycles. The summed E-state index contributed by atoms with van der Waals surface area (Å²) < 4.78 is 5.27. The zero-order chi connectivity index (χ0) is 15.9. The molecule has 5 nitrogen and oxygen atoms in total. The van der Waals surface area contributed by atoms with E-state index in [0.717, 1.165) is 0 Å². The van der Waals surface area contributed by atoms with Crippen LogP contribution in [0.4, 0.5) is 11.4 Å². The van der Waals surface area contributed by atoms with Crippen molar-refractivity contribution in [1.82, 2.24) is 0 Å². The van der Waals surface area contributed by atoms with Crippen LogP contribution in [0.15, 0.2) is 48.5 Å². The molecular weight excluding hydrogens is 280 g/mol. The fraction of sp³-hybridized carbons (Fsp3) is 0.176. The van der Waals surface area contributed by atoms with Crippen LogP contribution in [0.25, 0.3) is 0 Å². The van der Waals surface area contributed by atoms with Gasteiger partial charge in [-0.25, -0.2) is 0 Å². The van der Waals surface area contributed by atoms with Gasteiger partial charge >= 0.3 is 5.97 Å². The maximum atomic E-state index is 12.2. The largest absolute Gasteiger partial charge is 0.424 e. The average Bonchev–Trinajstić information content (AvgIpc) is 2.51. The van der Waals surface area contributed by atoms with E-state index in [0.29, 0.717) is 29.8 Å². The normalized spacial score (nSPS) is 10.0. The van der Waals surface area contributed by atoms with E-state index in [1.54, 1.807) is 42.5 Å². The topological polar surface area (TPSA) is 81.4 Å². The van der Waals surface area contributed by atoms with Crippen LogP contribution in [-0.4, -0.2) is 11.9 Å². The number of benzene rings is 2. The van der Waals surface area contributed by atoms with Gasteiger partial charge in [0.15, 0.2) is 5.75 Å². The number of nitrogen functional groups attached to an aromatic ring is 1. The van der Waals surface area contributed by atoms with Crippen LogP contribution in [0.1, 0.15) is 30.1 Å². The Labute approximate surface area is 129 Å². The first-order chi connectivity index (χ1) is 10.6. The van der Waals surface area contributed by atoms with Crippen LogP contribution in [0.3, 0.4) is 0 Å². The van der Waals surface area contributed by atoms with Crippen molar-refractivity contribution in [1.29, 1.82) is 0 Å². The van der Waals surface area contributed by atoms with Gasteiger partial charge in [-0.15, -0.1) is 0 Å². The van der Waals surface area contributed by atoms with E-state index in [9.17, 15) is 9.59 Å². The van der Waals surface area contributed by atoms with E-state index >= 15 is 0 Å². The van der Waals surface area contributed by atoms with Gasteiger partial charge in [0.1, 0.15) is 5.69 Å². The van der Waals surface area contributed by atoms with Gasteiger partial charge in [0, 0.05) is 12.0 Å². The predicted octanol–water partition coefficient (Wildman–Crippen LogP) is 3.23. The number of carbonyl (C=O) groups is 2. The van der Waals surface area contributed by atoms with Crippen molar-refractivity contribution in [2.24, 2.45) is 0 Å². The molecule has 0 aliphatic carbocycles. The summed E-state index contributed by atoms with van der Waals surface area (Å²) in [5.41, 5.74) is 7.03. The zero-order valence-corrected chi connectivity index (χ0v) is 12.3. The molecule has 0 bridgehead atoms. The fourth-order valence-electron chi connectivity index (χ4n) is 1.92. The maximum absolute atomic E-state index is 12.2. The van der Waals surface area contributed by atoms with E-state index in [1.165, 1.54) is 0 Å². The number of rotatable bonds is 5. The Morgan fingerprint density at radius 3 is 2.50 bits per heavy atom. The third-order valence-corrected chi connectivity index (χ3v) is 3.01. The van der Waals surface area contributed by atoms with Crippen LogP contribution >= 0.6 is 0 Å². The molecule has 0 aromatic heterocycles. The smallest absolute Gasteiger partial charge is 0.311 e. The number of anilines is 2. The highest BCUT2D eigenvalue weighted by molar-refractivity contribution is 6.07. The highest BCUT2D eigenvalue weighted by atomic mass is 16.5. The number of nitrogens with two attached hydrogens (primary N) is 1. The number of esters is 1. The summed E-state index contributed by atoms with van der Waals surface area (Å²) in [6.45, 7) is 1.89. The summed E-state index contributed by atoms with van der Waals surface area (Å²) in [4.78, 5) is 23.9. The zero-order valence-electron chi connectivity index (χ0n) is 12.3. The number of ether oxygens (including phenoxy) is 1. The number of para-hydroxylation sites is 1. The second kappa shape index (κ2) is 7.26. The van der Waals surface area contributed by atoms with E-state index in [-0.39, 0.29) is 17.6 Å². The van der Waals surface area contributed by atoms with E-state index in [1.807, 2.05) is 13.0 Å². The molecule has 0 aliphatic rings. The highest BCUT2D eigenvalue weighted by Gasteiger charge is 2.14. The molecule has 5 heteroatoms. The molecule has 114 valence electrons. The van der Waals surface area contributed by atoms with Crippen LogP contribution in [0.2, 0.25) is 0 Å². The van der Waals surface area contributed by atoms with Gasteiger partial charge in [-0.3, -0.25) is 9.59 Å². The molecule has 3 N–H and O–H groups in total. The molecule has 1 amide bonds. The SMILES string of the molecule is CCCC(=O)Oc1cccc(N)c1NC(=O)c1ccccc1. The van der Waals surface area contributed by atoms with Crippen molar-refractivity contribution in [2.45, 2.75) is 19.8 Å². The number of nitrogens with one attached hydrogen (secondary N) is 1. The van der Waals surface area contributed by atoms with Gasteiger partial charge in [-0.1, -0.05) is 31.2 Å². The molecule has 2 aromatic carbocycles. The van der Waals surface area contributed by atoms with Gasteiger partial charge in [0.25, 0.3) is 5.91 Å².